The third-order valence-corrected chi connectivity index (χ3v) is 5.63. The lowest BCUT2D eigenvalue weighted by Crippen LogP contribution is -2.29. The van der Waals surface area contributed by atoms with E-state index in [1.54, 1.807) is 7.11 Å². The number of benzene rings is 1. The number of methoxy groups -OCH3 is 1. The molecule has 5 heteroatoms. The lowest BCUT2D eigenvalue weighted by atomic mass is 9.91. The Bertz CT molecular complexity index is 744. The third kappa shape index (κ3) is 8.68. The summed E-state index contributed by atoms with van der Waals surface area (Å²) in [4.78, 5) is 37.9. The van der Waals surface area contributed by atoms with Crippen LogP contribution in [0.1, 0.15) is 82.1 Å². The van der Waals surface area contributed by atoms with E-state index in [0.717, 1.165) is 49.2 Å². The highest BCUT2D eigenvalue weighted by molar-refractivity contribution is 6.00. The van der Waals surface area contributed by atoms with Crippen molar-refractivity contribution in [2.45, 2.75) is 72.6 Å². The van der Waals surface area contributed by atoms with Crippen LogP contribution in [0.5, 0.6) is 5.75 Å². The molecular formula is C26H39NO4. The molecule has 172 valence electrons. The van der Waals surface area contributed by atoms with Crippen molar-refractivity contribution in [3.05, 3.63) is 35.4 Å². The molecule has 1 aromatic rings. The Hall–Kier alpha value is -2.43. The van der Waals surface area contributed by atoms with Crippen LogP contribution in [0, 0.1) is 5.92 Å². The summed E-state index contributed by atoms with van der Waals surface area (Å²) in [6.45, 7) is 9.48. The first-order valence-electron chi connectivity index (χ1n) is 11.4. The van der Waals surface area contributed by atoms with Crippen LogP contribution in [0.4, 0.5) is 5.69 Å². The zero-order chi connectivity index (χ0) is 23.2. The maximum absolute atomic E-state index is 13.0. The molecule has 0 spiro atoms. The summed E-state index contributed by atoms with van der Waals surface area (Å²) in [7, 11) is 1.63. The zero-order valence-corrected chi connectivity index (χ0v) is 19.9. The van der Waals surface area contributed by atoms with Crippen LogP contribution in [0.2, 0.25) is 0 Å². The Kier molecular flexibility index (Phi) is 12.5. The van der Waals surface area contributed by atoms with Crippen LogP contribution in [0.25, 0.3) is 0 Å². The Labute approximate surface area is 187 Å². The van der Waals surface area contributed by atoms with Crippen molar-refractivity contribution in [1.82, 2.24) is 0 Å². The number of carbonyl (C=O) groups excluding carboxylic acids is 3. The van der Waals surface area contributed by atoms with Gasteiger partial charge >= 0.3 is 0 Å². The van der Waals surface area contributed by atoms with Crippen LogP contribution in [-0.2, 0) is 16.0 Å². The molecule has 1 heterocycles. The summed E-state index contributed by atoms with van der Waals surface area (Å²) >= 11 is 0. The van der Waals surface area contributed by atoms with E-state index in [1.807, 2.05) is 45.1 Å². The first-order valence-corrected chi connectivity index (χ1v) is 11.4. The molecule has 0 saturated carbocycles. The highest BCUT2D eigenvalue weighted by Gasteiger charge is 2.22. The second-order valence-electron chi connectivity index (χ2n) is 8.01. The van der Waals surface area contributed by atoms with Crippen molar-refractivity contribution >= 4 is 23.5 Å². The lowest BCUT2D eigenvalue weighted by Gasteiger charge is -2.30. The van der Waals surface area contributed by atoms with Crippen molar-refractivity contribution < 1.29 is 19.1 Å². The summed E-state index contributed by atoms with van der Waals surface area (Å²) in [5.74, 6) is 0.299. The highest BCUT2D eigenvalue weighted by Crippen LogP contribution is 2.32. The average Bonchev–Trinajstić information content (AvgIpc) is 2.81. The zero-order valence-electron chi connectivity index (χ0n) is 19.9. The molecule has 2 rings (SSSR count). The van der Waals surface area contributed by atoms with Crippen LogP contribution < -0.4 is 9.64 Å². The van der Waals surface area contributed by atoms with Gasteiger partial charge in [0.15, 0.2) is 5.78 Å². The summed E-state index contributed by atoms with van der Waals surface area (Å²) < 4.78 is 5.58. The average molecular weight is 430 g/mol. The number of Topliss-reactive ketones (excluding diaryl/α,β-unsaturated/α-hetero) is 2. The maximum Gasteiger partial charge on any atom is 0.164 e. The van der Waals surface area contributed by atoms with Crippen LogP contribution >= 0.6 is 0 Å². The van der Waals surface area contributed by atoms with E-state index in [1.165, 1.54) is 13.3 Å². The van der Waals surface area contributed by atoms with Gasteiger partial charge < -0.3 is 19.2 Å². The number of piperidine rings is 1. The molecule has 1 saturated heterocycles. The van der Waals surface area contributed by atoms with Gasteiger partial charge in [-0.05, 0) is 58.9 Å². The number of ketones is 2. The molecule has 1 atom stereocenters. The Morgan fingerprint density at radius 2 is 1.77 bits per heavy atom. The van der Waals surface area contributed by atoms with Crippen LogP contribution in [0.15, 0.2) is 24.3 Å². The molecular weight excluding hydrogens is 390 g/mol. The number of hydrogen-bond acceptors (Lipinski definition) is 5. The van der Waals surface area contributed by atoms with Gasteiger partial charge in [-0.25, -0.2) is 0 Å². The molecule has 5 nitrogen and oxygen atoms in total. The van der Waals surface area contributed by atoms with Crippen LogP contribution in [0.3, 0.4) is 0 Å². The van der Waals surface area contributed by atoms with E-state index < -0.39 is 5.92 Å². The Morgan fingerprint density at radius 3 is 2.26 bits per heavy atom. The minimum Gasteiger partial charge on any atom is -0.496 e. The molecule has 0 N–H and O–H groups in total. The molecule has 1 unspecified atom stereocenters. The fourth-order valence-electron chi connectivity index (χ4n) is 3.72. The molecule has 1 aliphatic heterocycles. The van der Waals surface area contributed by atoms with E-state index in [2.05, 4.69) is 4.90 Å². The number of aldehydes is 1. The van der Waals surface area contributed by atoms with Crippen molar-refractivity contribution in [3.8, 4) is 5.75 Å². The Morgan fingerprint density at radius 1 is 1.13 bits per heavy atom. The van der Waals surface area contributed by atoms with E-state index in [0.29, 0.717) is 24.8 Å². The predicted octanol–water partition coefficient (Wildman–Crippen LogP) is 5.59. The fraction of sp³-hybridized carbons (Fsp3) is 0.577. The van der Waals surface area contributed by atoms with Gasteiger partial charge in [0.05, 0.1) is 7.11 Å². The van der Waals surface area contributed by atoms with Gasteiger partial charge in [-0.15, -0.1) is 0 Å². The van der Waals surface area contributed by atoms with Gasteiger partial charge in [0.25, 0.3) is 0 Å². The topological polar surface area (TPSA) is 63.7 Å². The SMILES string of the molecule is C/C=C/C.CCc1c(OC)cc(N2CCCCC2)cc1C(=O)CC(C=O)CCC(C)=O. The second-order valence-corrected chi connectivity index (χ2v) is 8.01. The van der Waals surface area contributed by atoms with Crippen molar-refractivity contribution in [2.75, 3.05) is 25.1 Å². The number of hydrogen-bond donors (Lipinski definition) is 0. The molecule has 1 aromatic carbocycles. The number of nitrogens with zero attached hydrogens (tertiary/aromatic N) is 1. The van der Waals surface area contributed by atoms with E-state index >= 15 is 0 Å². The standard InChI is InChI=1S/C22H31NO4.C4H8/c1-4-19-20(21(26)12-17(15-24)9-8-16(2)25)13-18(14-22(19)27-3)23-10-6-5-7-11-23;1-3-4-2/h13-15,17H,4-12H2,1-3H3;3-4H,1-2H3/b;4-3+. The first-order chi connectivity index (χ1) is 14.9. The molecule has 0 bridgehead atoms. The predicted molar refractivity (Wildman–Crippen MR) is 127 cm³/mol. The molecule has 31 heavy (non-hydrogen) atoms. The maximum atomic E-state index is 13.0. The lowest BCUT2D eigenvalue weighted by molar-refractivity contribution is -0.117. The molecule has 1 aliphatic rings. The summed E-state index contributed by atoms with van der Waals surface area (Å²) in [5.41, 5.74) is 2.55. The smallest absolute Gasteiger partial charge is 0.164 e. The van der Waals surface area contributed by atoms with Crippen molar-refractivity contribution in [3.63, 3.8) is 0 Å². The monoisotopic (exact) mass is 429 g/mol. The number of allylic oxidation sites excluding steroid dienone is 2. The molecule has 0 amide bonds. The quantitative estimate of drug-likeness (QED) is 0.276. The molecule has 1 fully saturated rings. The number of carbonyl (C=O) groups is 3. The first kappa shape index (κ1) is 26.6. The van der Waals surface area contributed by atoms with E-state index in [-0.39, 0.29) is 18.0 Å². The van der Waals surface area contributed by atoms with Gasteiger partial charge in [-0.1, -0.05) is 19.1 Å². The molecule has 0 aromatic heterocycles. The highest BCUT2D eigenvalue weighted by atomic mass is 16.5. The fourth-order valence-corrected chi connectivity index (χ4v) is 3.72. The molecule has 0 aliphatic carbocycles. The van der Waals surface area contributed by atoms with Gasteiger partial charge in [0.1, 0.15) is 17.8 Å². The summed E-state index contributed by atoms with van der Waals surface area (Å²) in [5, 5.41) is 0. The van der Waals surface area contributed by atoms with Gasteiger partial charge in [0.2, 0.25) is 0 Å². The van der Waals surface area contributed by atoms with Crippen molar-refractivity contribution in [1.29, 1.82) is 0 Å². The van der Waals surface area contributed by atoms with E-state index in [4.69, 9.17) is 4.74 Å². The van der Waals surface area contributed by atoms with Gasteiger partial charge in [-0.3, -0.25) is 4.79 Å². The summed E-state index contributed by atoms with van der Waals surface area (Å²) in [6.07, 6.45) is 9.92. The number of anilines is 1. The third-order valence-electron chi connectivity index (χ3n) is 5.63. The normalized spacial score (nSPS) is 14.5. The largest absolute Gasteiger partial charge is 0.496 e. The summed E-state index contributed by atoms with van der Waals surface area (Å²) in [6, 6.07) is 3.98. The second kappa shape index (κ2) is 14.6. The van der Waals surface area contributed by atoms with E-state index in [9.17, 15) is 14.4 Å². The van der Waals surface area contributed by atoms with Crippen molar-refractivity contribution in [2.24, 2.45) is 5.92 Å². The van der Waals surface area contributed by atoms with Gasteiger partial charge in [-0.2, -0.15) is 0 Å². The minimum absolute atomic E-state index is 0.0392. The van der Waals surface area contributed by atoms with Gasteiger partial charge in [0, 0.05) is 54.7 Å². The number of ether oxygens (including phenoxy) is 1. The van der Waals surface area contributed by atoms with Crippen LogP contribution in [-0.4, -0.2) is 38.1 Å². The Balaban J connectivity index is 0.00000110. The number of rotatable bonds is 10. The molecule has 0 radical (unpaired) electrons. The minimum atomic E-state index is -0.421.